The second-order valence-electron chi connectivity index (χ2n) is 8.72. The molecule has 6 nitrogen and oxygen atoms in total. The SMILES string of the molecule is O=C(O)c1csc2c(NCc3cccc(F)c3F)c(C(=O)N3CCC(c4ccccc4)CC3)cnc12. The summed E-state index contributed by atoms with van der Waals surface area (Å²) in [7, 11) is 0. The summed E-state index contributed by atoms with van der Waals surface area (Å²) in [5.41, 5.74) is 2.27. The predicted octanol–water partition coefficient (Wildman–Crippen LogP) is 5.90. The number of hydrogen-bond acceptors (Lipinski definition) is 5. The van der Waals surface area contributed by atoms with Gasteiger partial charge >= 0.3 is 5.97 Å². The number of piperidine rings is 1. The number of carbonyl (C=O) groups is 2. The number of carboxylic acids is 1. The van der Waals surface area contributed by atoms with E-state index < -0.39 is 17.6 Å². The Hall–Kier alpha value is -3.85. The molecule has 1 aliphatic heterocycles. The van der Waals surface area contributed by atoms with Crippen LogP contribution in [0.15, 0.2) is 60.1 Å². The first kappa shape index (κ1) is 23.9. The lowest BCUT2D eigenvalue weighted by molar-refractivity contribution is 0.0695. The number of pyridine rings is 1. The molecule has 3 heterocycles. The fraction of sp³-hybridized carbons (Fsp3) is 0.222. The summed E-state index contributed by atoms with van der Waals surface area (Å²) >= 11 is 1.14. The molecule has 0 atom stereocenters. The van der Waals surface area contributed by atoms with E-state index in [1.54, 1.807) is 4.90 Å². The number of anilines is 1. The molecule has 9 heteroatoms. The van der Waals surface area contributed by atoms with E-state index in [1.807, 2.05) is 18.2 Å². The van der Waals surface area contributed by atoms with Gasteiger partial charge in [0.25, 0.3) is 5.91 Å². The minimum atomic E-state index is -1.13. The minimum absolute atomic E-state index is 0.0256. The third kappa shape index (κ3) is 4.54. The summed E-state index contributed by atoms with van der Waals surface area (Å²) in [6, 6.07) is 14.1. The topological polar surface area (TPSA) is 82.5 Å². The maximum absolute atomic E-state index is 14.3. The Morgan fingerprint density at radius 2 is 1.81 bits per heavy atom. The average Bonchev–Trinajstić information content (AvgIpc) is 3.34. The van der Waals surface area contributed by atoms with Crippen molar-refractivity contribution in [3.63, 3.8) is 0 Å². The number of nitrogens with zero attached hydrogens (tertiary/aromatic N) is 2. The van der Waals surface area contributed by atoms with E-state index in [0.29, 0.717) is 29.4 Å². The number of carbonyl (C=O) groups excluding carboxylic acids is 1. The van der Waals surface area contributed by atoms with Crippen molar-refractivity contribution in [2.24, 2.45) is 0 Å². The largest absolute Gasteiger partial charge is 0.478 e. The molecular formula is C27H23F2N3O3S. The number of benzene rings is 2. The second-order valence-corrected chi connectivity index (χ2v) is 9.60. The Bertz CT molecular complexity index is 1430. The molecule has 2 N–H and O–H groups in total. The zero-order valence-corrected chi connectivity index (χ0v) is 20.0. The van der Waals surface area contributed by atoms with Gasteiger partial charge in [-0.3, -0.25) is 9.78 Å². The lowest BCUT2D eigenvalue weighted by atomic mass is 9.89. The molecule has 0 saturated carbocycles. The smallest absolute Gasteiger partial charge is 0.338 e. The summed E-state index contributed by atoms with van der Waals surface area (Å²) < 4.78 is 28.5. The maximum Gasteiger partial charge on any atom is 0.338 e. The van der Waals surface area contributed by atoms with Crippen LogP contribution in [0.25, 0.3) is 10.2 Å². The molecule has 184 valence electrons. The molecule has 0 aliphatic carbocycles. The number of aromatic nitrogens is 1. The van der Waals surface area contributed by atoms with E-state index >= 15 is 0 Å². The van der Waals surface area contributed by atoms with Crippen LogP contribution in [0.5, 0.6) is 0 Å². The molecule has 5 rings (SSSR count). The van der Waals surface area contributed by atoms with E-state index in [9.17, 15) is 23.5 Å². The zero-order valence-electron chi connectivity index (χ0n) is 19.2. The summed E-state index contributed by atoms with van der Waals surface area (Å²) in [5.74, 6) is -2.92. The van der Waals surface area contributed by atoms with Crippen molar-refractivity contribution >= 4 is 39.1 Å². The molecule has 2 aromatic carbocycles. The Morgan fingerprint density at radius 1 is 1.06 bits per heavy atom. The van der Waals surface area contributed by atoms with Crippen molar-refractivity contribution in [1.82, 2.24) is 9.88 Å². The van der Waals surface area contributed by atoms with Crippen LogP contribution in [0.3, 0.4) is 0 Å². The van der Waals surface area contributed by atoms with Crippen molar-refractivity contribution < 1.29 is 23.5 Å². The molecule has 4 aromatic rings. The third-order valence-corrected chi connectivity index (χ3v) is 7.57. The van der Waals surface area contributed by atoms with Gasteiger partial charge in [-0.25, -0.2) is 13.6 Å². The van der Waals surface area contributed by atoms with Gasteiger partial charge in [0.05, 0.1) is 27.0 Å². The molecule has 1 fully saturated rings. The molecule has 36 heavy (non-hydrogen) atoms. The van der Waals surface area contributed by atoms with Gasteiger partial charge in [0.15, 0.2) is 11.6 Å². The molecule has 0 unspecified atom stereocenters. The molecule has 1 saturated heterocycles. The quantitative estimate of drug-likeness (QED) is 0.339. The number of likely N-dealkylation sites (tertiary alicyclic amines) is 1. The Kier molecular flexibility index (Phi) is 6.65. The van der Waals surface area contributed by atoms with E-state index in [-0.39, 0.29) is 34.7 Å². The molecule has 2 aromatic heterocycles. The Labute approximate surface area is 210 Å². The van der Waals surface area contributed by atoms with Gasteiger partial charge in [-0.15, -0.1) is 11.3 Å². The maximum atomic E-state index is 14.3. The first-order valence-corrected chi connectivity index (χ1v) is 12.5. The first-order valence-electron chi connectivity index (χ1n) is 11.6. The standard InChI is InChI=1S/C27H23F2N3O3S/c28-21-8-4-7-18(22(21)29)13-30-23-19(14-31-24-20(27(34)35)15-36-25(23)24)26(33)32-11-9-17(10-12-32)16-5-2-1-3-6-16/h1-8,14-15,17H,9-13H2,(H,30,31)(H,34,35). The average molecular weight is 508 g/mol. The van der Waals surface area contributed by atoms with Crippen LogP contribution in [-0.2, 0) is 6.54 Å². The van der Waals surface area contributed by atoms with Crippen molar-refractivity contribution in [1.29, 1.82) is 0 Å². The molecule has 0 bridgehead atoms. The van der Waals surface area contributed by atoms with E-state index in [2.05, 4.69) is 22.4 Å². The number of thiophene rings is 1. The monoisotopic (exact) mass is 507 g/mol. The van der Waals surface area contributed by atoms with Crippen LogP contribution in [0.4, 0.5) is 14.5 Å². The fourth-order valence-electron chi connectivity index (χ4n) is 4.64. The summed E-state index contributed by atoms with van der Waals surface area (Å²) in [6.07, 6.45) is 3.02. The van der Waals surface area contributed by atoms with Crippen LogP contribution >= 0.6 is 11.3 Å². The van der Waals surface area contributed by atoms with Crippen LogP contribution in [-0.4, -0.2) is 40.0 Å². The number of rotatable bonds is 6. The number of hydrogen-bond donors (Lipinski definition) is 2. The van der Waals surface area contributed by atoms with Crippen LogP contribution < -0.4 is 5.32 Å². The number of aromatic carboxylic acids is 1. The van der Waals surface area contributed by atoms with Crippen LogP contribution in [0.2, 0.25) is 0 Å². The van der Waals surface area contributed by atoms with Gasteiger partial charge in [-0.2, -0.15) is 0 Å². The zero-order chi connectivity index (χ0) is 25.2. The van der Waals surface area contributed by atoms with Crippen LogP contribution in [0.1, 0.15) is 50.6 Å². The van der Waals surface area contributed by atoms with E-state index in [1.165, 1.54) is 29.3 Å². The Balaban J connectivity index is 1.44. The second kappa shape index (κ2) is 10.0. The fourth-order valence-corrected chi connectivity index (χ4v) is 5.67. The van der Waals surface area contributed by atoms with Gasteiger partial charge in [0.1, 0.15) is 0 Å². The number of amides is 1. The van der Waals surface area contributed by atoms with Gasteiger partial charge in [-0.05, 0) is 30.4 Å². The molecular weight excluding hydrogens is 484 g/mol. The van der Waals surface area contributed by atoms with Crippen molar-refractivity contribution in [3.8, 4) is 0 Å². The summed E-state index contributed by atoms with van der Waals surface area (Å²) in [4.78, 5) is 31.3. The third-order valence-electron chi connectivity index (χ3n) is 6.59. The highest BCUT2D eigenvalue weighted by atomic mass is 32.1. The number of halogens is 2. The van der Waals surface area contributed by atoms with Crippen molar-refractivity contribution in [2.45, 2.75) is 25.3 Å². The normalized spacial score (nSPS) is 14.2. The van der Waals surface area contributed by atoms with Gasteiger partial charge < -0.3 is 15.3 Å². The lowest BCUT2D eigenvalue weighted by Crippen LogP contribution is -2.38. The minimum Gasteiger partial charge on any atom is -0.478 e. The molecule has 0 spiro atoms. The van der Waals surface area contributed by atoms with Gasteiger partial charge in [0.2, 0.25) is 0 Å². The number of fused-ring (bicyclic) bond motifs is 1. The van der Waals surface area contributed by atoms with Crippen molar-refractivity contribution in [2.75, 3.05) is 18.4 Å². The lowest BCUT2D eigenvalue weighted by Gasteiger charge is -2.32. The number of nitrogens with one attached hydrogen (secondary N) is 1. The predicted molar refractivity (Wildman–Crippen MR) is 135 cm³/mol. The highest BCUT2D eigenvalue weighted by Gasteiger charge is 2.28. The summed E-state index contributed by atoms with van der Waals surface area (Å²) in [6.45, 7) is 1.05. The molecule has 0 radical (unpaired) electrons. The molecule has 1 aliphatic rings. The summed E-state index contributed by atoms with van der Waals surface area (Å²) in [5, 5.41) is 14.1. The molecule has 1 amide bonds. The van der Waals surface area contributed by atoms with E-state index in [4.69, 9.17) is 0 Å². The van der Waals surface area contributed by atoms with Crippen molar-refractivity contribution in [3.05, 3.63) is 94.0 Å². The highest BCUT2D eigenvalue weighted by Crippen LogP contribution is 2.36. The van der Waals surface area contributed by atoms with E-state index in [0.717, 1.165) is 30.2 Å². The number of carboxylic acid groups (broad SMARTS) is 1. The Morgan fingerprint density at radius 3 is 2.53 bits per heavy atom. The van der Waals surface area contributed by atoms with Gasteiger partial charge in [-0.1, -0.05) is 42.5 Å². The van der Waals surface area contributed by atoms with Crippen LogP contribution in [0, 0.1) is 11.6 Å². The van der Waals surface area contributed by atoms with Gasteiger partial charge in [0, 0.05) is 36.8 Å². The highest BCUT2D eigenvalue weighted by molar-refractivity contribution is 7.18. The first-order chi connectivity index (χ1) is 17.4.